The first-order chi connectivity index (χ1) is 12.7. The van der Waals surface area contributed by atoms with Gasteiger partial charge in [0.05, 0.1) is 43.7 Å². The van der Waals surface area contributed by atoms with E-state index in [1.807, 2.05) is 0 Å². The molecule has 0 spiro atoms. The first-order valence-corrected chi connectivity index (χ1v) is 7.54. The number of carbonyl (C=O) groups excluding carboxylic acids is 2. The summed E-state index contributed by atoms with van der Waals surface area (Å²) in [6, 6.07) is 6.84. The van der Waals surface area contributed by atoms with Crippen LogP contribution in [0.1, 0.15) is 26.3 Å². The van der Waals surface area contributed by atoms with E-state index >= 15 is 0 Å². The minimum atomic E-state index is -4.71. The van der Waals surface area contributed by atoms with Crippen LogP contribution in [0.25, 0.3) is 0 Å². The van der Waals surface area contributed by atoms with E-state index in [0.29, 0.717) is 0 Å². The molecule has 0 aliphatic heterocycles. The third kappa shape index (κ3) is 4.30. The minimum absolute atomic E-state index is 0.0820. The van der Waals surface area contributed by atoms with Crippen LogP contribution < -0.4 is 14.8 Å². The van der Waals surface area contributed by atoms with Crippen molar-refractivity contribution in [1.29, 1.82) is 0 Å². The Labute approximate surface area is 152 Å². The number of halogens is 3. The predicted octanol–water partition coefficient (Wildman–Crippen LogP) is 3.76. The third-order valence-electron chi connectivity index (χ3n) is 3.65. The van der Waals surface area contributed by atoms with Crippen molar-refractivity contribution >= 4 is 17.6 Å². The zero-order chi connectivity index (χ0) is 20.2. The number of alkyl halides is 3. The summed E-state index contributed by atoms with van der Waals surface area (Å²) >= 11 is 0. The molecule has 2 aromatic rings. The van der Waals surface area contributed by atoms with Crippen molar-refractivity contribution in [1.82, 2.24) is 0 Å². The minimum Gasteiger partial charge on any atom is -0.493 e. The monoisotopic (exact) mass is 383 g/mol. The summed E-state index contributed by atoms with van der Waals surface area (Å²) in [5, 5.41) is 2.31. The van der Waals surface area contributed by atoms with Gasteiger partial charge in [0, 0.05) is 12.1 Å². The van der Waals surface area contributed by atoms with Crippen molar-refractivity contribution in [2.45, 2.75) is 6.18 Å². The fourth-order valence-corrected chi connectivity index (χ4v) is 2.38. The van der Waals surface area contributed by atoms with E-state index in [2.05, 4.69) is 10.1 Å². The molecule has 0 fully saturated rings. The second-order valence-electron chi connectivity index (χ2n) is 5.24. The summed E-state index contributed by atoms with van der Waals surface area (Å²) in [4.78, 5) is 24.5. The Bertz CT molecular complexity index is 865. The molecule has 0 saturated heterocycles. The van der Waals surface area contributed by atoms with Gasteiger partial charge in [-0.15, -0.1) is 0 Å². The molecule has 0 saturated carbocycles. The molecule has 2 aromatic carbocycles. The van der Waals surface area contributed by atoms with Gasteiger partial charge < -0.3 is 19.5 Å². The highest BCUT2D eigenvalue weighted by Gasteiger charge is 2.35. The summed E-state index contributed by atoms with van der Waals surface area (Å²) in [5.41, 5.74) is -1.87. The third-order valence-corrected chi connectivity index (χ3v) is 3.65. The summed E-state index contributed by atoms with van der Waals surface area (Å²) in [5.74, 6) is -1.49. The predicted molar refractivity (Wildman–Crippen MR) is 90.3 cm³/mol. The van der Waals surface area contributed by atoms with Crippen molar-refractivity contribution < 1.29 is 37.0 Å². The molecule has 0 aliphatic carbocycles. The Morgan fingerprint density at radius 1 is 0.926 bits per heavy atom. The summed E-state index contributed by atoms with van der Waals surface area (Å²) in [6.45, 7) is 0. The van der Waals surface area contributed by atoms with Gasteiger partial charge in [-0.3, -0.25) is 4.79 Å². The number of rotatable bonds is 5. The first kappa shape index (κ1) is 20.1. The van der Waals surface area contributed by atoms with E-state index in [1.54, 1.807) is 0 Å². The number of ether oxygens (including phenoxy) is 3. The van der Waals surface area contributed by atoms with E-state index in [0.717, 1.165) is 19.2 Å². The maximum atomic E-state index is 13.1. The lowest BCUT2D eigenvalue weighted by Gasteiger charge is -2.16. The van der Waals surface area contributed by atoms with Crippen LogP contribution in [0.2, 0.25) is 0 Å². The number of benzene rings is 2. The molecule has 9 heteroatoms. The molecule has 0 aliphatic rings. The summed E-state index contributed by atoms with van der Waals surface area (Å²) < 4.78 is 54.2. The molecule has 0 bridgehead atoms. The number of esters is 1. The van der Waals surface area contributed by atoms with Crippen molar-refractivity contribution in [3.63, 3.8) is 0 Å². The van der Waals surface area contributed by atoms with Gasteiger partial charge in [-0.2, -0.15) is 13.2 Å². The van der Waals surface area contributed by atoms with Crippen molar-refractivity contribution in [3.05, 3.63) is 53.1 Å². The maximum Gasteiger partial charge on any atom is 0.417 e. The van der Waals surface area contributed by atoms with Gasteiger partial charge in [-0.05, 0) is 12.1 Å². The highest BCUT2D eigenvalue weighted by Crippen LogP contribution is 2.35. The Hall–Kier alpha value is -3.23. The van der Waals surface area contributed by atoms with Gasteiger partial charge in [0.25, 0.3) is 5.91 Å². The molecule has 0 unspecified atom stereocenters. The normalized spacial score (nSPS) is 10.9. The van der Waals surface area contributed by atoms with E-state index in [9.17, 15) is 22.8 Å². The van der Waals surface area contributed by atoms with E-state index in [4.69, 9.17) is 9.47 Å². The van der Waals surface area contributed by atoms with Crippen molar-refractivity contribution in [3.8, 4) is 11.5 Å². The van der Waals surface area contributed by atoms with Gasteiger partial charge in [-0.1, -0.05) is 12.1 Å². The van der Waals surface area contributed by atoms with Gasteiger partial charge in [-0.25, -0.2) is 4.79 Å². The Balaban J connectivity index is 2.51. The standard InChI is InChI=1S/C18H16F3NO5/c1-25-14-8-11(17(24)27-3)13(9-15(14)26-2)22-16(23)10-6-4-5-7-12(10)18(19,20)21/h4-9H,1-3H3,(H,22,23). The molecule has 27 heavy (non-hydrogen) atoms. The molecule has 1 amide bonds. The first-order valence-electron chi connectivity index (χ1n) is 7.54. The molecule has 0 radical (unpaired) electrons. The topological polar surface area (TPSA) is 73.9 Å². The van der Waals surface area contributed by atoms with Crippen LogP contribution >= 0.6 is 0 Å². The number of anilines is 1. The highest BCUT2D eigenvalue weighted by molar-refractivity contribution is 6.09. The van der Waals surface area contributed by atoms with Crippen LogP contribution in [-0.4, -0.2) is 33.2 Å². The average Bonchev–Trinajstić information content (AvgIpc) is 2.66. The number of hydrogen-bond acceptors (Lipinski definition) is 5. The number of carbonyl (C=O) groups is 2. The quantitative estimate of drug-likeness (QED) is 0.796. The zero-order valence-electron chi connectivity index (χ0n) is 14.6. The summed E-state index contributed by atoms with van der Waals surface area (Å²) in [6.07, 6.45) is -4.71. The molecule has 6 nitrogen and oxygen atoms in total. The molecule has 2 rings (SSSR count). The second-order valence-corrected chi connectivity index (χ2v) is 5.24. The molecular weight excluding hydrogens is 367 g/mol. The molecule has 1 N–H and O–H groups in total. The number of amides is 1. The van der Waals surface area contributed by atoms with Crippen molar-refractivity contribution in [2.75, 3.05) is 26.6 Å². The zero-order valence-corrected chi connectivity index (χ0v) is 14.6. The van der Waals surface area contributed by atoms with Gasteiger partial charge in [0.2, 0.25) is 0 Å². The average molecular weight is 383 g/mol. The van der Waals surface area contributed by atoms with Crippen molar-refractivity contribution in [2.24, 2.45) is 0 Å². The SMILES string of the molecule is COC(=O)c1cc(OC)c(OC)cc1NC(=O)c1ccccc1C(F)(F)F. The largest absolute Gasteiger partial charge is 0.493 e. The number of hydrogen-bond donors (Lipinski definition) is 1. The second kappa shape index (κ2) is 7.98. The maximum absolute atomic E-state index is 13.1. The van der Waals surface area contributed by atoms with Crippen LogP contribution in [0.4, 0.5) is 18.9 Å². The lowest BCUT2D eigenvalue weighted by molar-refractivity contribution is -0.137. The molecule has 0 atom stereocenters. The molecular formula is C18H16F3NO5. The smallest absolute Gasteiger partial charge is 0.417 e. The lowest BCUT2D eigenvalue weighted by atomic mass is 10.1. The fraction of sp³-hybridized carbons (Fsp3) is 0.222. The Morgan fingerprint density at radius 2 is 1.52 bits per heavy atom. The lowest BCUT2D eigenvalue weighted by Crippen LogP contribution is -2.20. The molecule has 0 aromatic heterocycles. The van der Waals surface area contributed by atoms with Gasteiger partial charge in [0.1, 0.15) is 0 Å². The highest BCUT2D eigenvalue weighted by atomic mass is 19.4. The van der Waals surface area contributed by atoms with Crippen LogP contribution in [0, 0.1) is 0 Å². The number of nitrogens with one attached hydrogen (secondary N) is 1. The molecule has 0 heterocycles. The van der Waals surface area contributed by atoms with Crippen LogP contribution in [0.3, 0.4) is 0 Å². The van der Waals surface area contributed by atoms with E-state index < -0.39 is 29.2 Å². The number of methoxy groups -OCH3 is 3. The fourth-order valence-electron chi connectivity index (χ4n) is 2.38. The van der Waals surface area contributed by atoms with Gasteiger partial charge >= 0.3 is 12.1 Å². The Morgan fingerprint density at radius 3 is 2.07 bits per heavy atom. The summed E-state index contributed by atoms with van der Waals surface area (Å²) in [7, 11) is 3.81. The van der Waals surface area contributed by atoms with E-state index in [1.165, 1.54) is 38.5 Å². The van der Waals surface area contributed by atoms with Crippen LogP contribution in [-0.2, 0) is 10.9 Å². The van der Waals surface area contributed by atoms with E-state index in [-0.39, 0.29) is 22.7 Å². The Kier molecular flexibility index (Phi) is 5.94. The van der Waals surface area contributed by atoms with Gasteiger partial charge in [0.15, 0.2) is 11.5 Å². The molecule has 144 valence electrons. The van der Waals surface area contributed by atoms with Crippen LogP contribution in [0.15, 0.2) is 36.4 Å². The van der Waals surface area contributed by atoms with Crippen LogP contribution in [0.5, 0.6) is 11.5 Å².